The molecule has 0 aliphatic carbocycles. The molecule has 0 bridgehead atoms. The summed E-state index contributed by atoms with van der Waals surface area (Å²) in [6, 6.07) is -0.880. The maximum absolute atomic E-state index is 12.3. The molecule has 5 N–H and O–H groups in total. The summed E-state index contributed by atoms with van der Waals surface area (Å²) in [6.45, 7) is 7.94. The molecule has 0 saturated heterocycles. The second kappa shape index (κ2) is 12.6. The quantitative estimate of drug-likeness (QED) is 0.309. The topological polar surface area (TPSA) is 155 Å². The van der Waals surface area contributed by atoms with Crippen LogP contribution in [0.3, 0.4) is 0 Å². The van der Waals surface area contributed by atoms with Gasteiger partial charge in [-0.3, -0.25) is 19.2 Å². The molecule has 166 valence electrons. The number of nitrogens with one attached hydrogen (secondary N) is 5. The van der Waals surface area contributed by atoms with Gasteiger partial charge in [-0.1, -0.05) is 13.8 Å². The van der Waals surface area contributed by atoms with Crippen molar-refractivity contribution in [2.75, 3.05) is 26.7 Å². The van der Waals surface area contributed by atoms with Gasteiger partial charge < -0.3 is 31.3 Å². The third-order valence-corrected chi connectivity index (χ3v) is 3.30. The highest BCUT2D eigenvalue weighted by atomic mass is 16.6. The average molecular weight is 415 g/mol. The van der Waals surface area contributed by atoms with Gasteiger partial charge in [-0.05, 0) is 33.1 Å². The van der Waals surface area contributed by atoms with E-state index in [1.165, 1.54) is 7.05 Å². The first kappa shape index (κ1) is 26.1. The van der Waals surface area contributed by atoms with E-state index in [1.807, 2.05) is 13.8 Å². The number of ether oxygens (including phenoxy) is 1. The van der Waals surface area contributed by atoms with Gasteiger partial charge in [0.1, 0.15) is 18.2 Å². The summed E-state index contributed by atoms with van der Waals surface area (Å²) in [5, 5.41) is 12.0. The van der Waals surface area contributed by atoms with Crippen LogP contribution in [0.15, 0.2) is 0 Å². The molecule has 0 aliphatic heterocycles. The molecule has 0 rings (SSSR count). The summed E-state index contributed by atoms with van der Waals surface area (Å²) >= 11 is 0. The molecular weight excluding hydrogens is 382 g/mol. The van der Waals surface area contributed by atoms with Gasteiger partial charge in [-0.15, -0.1) is 0 Å². The number of carbonyl (C=O) groups is 5. The van der Waals surface area contributed by atoms with Crippen LogP contribution in [0.2, 0.25) is 0 Å². The molecule has 0 aliphatic rings. The zero-order chi connectivity index (χ0) is 22.6. The lowest BCUT2D eigenvalue weighted by Gasteiger charge is -2.21. The zero-order valence-corrected chi connectivity index (χ0v) is 17.9. The Kier molecular flexibility index (Phi) is 11.3. The van der Waals surface area contributed by atoms with E-state index in [2.05, 4.69) is 26.6 Å². The number of alkyl carbamates (subject to hydrolysis) is 1. The first-order valence-corrected chi connectivity index (χ1v) is 9.35. The van der Waals surface area contributed by atoms with Crippen LogP contribution in [0.25, 0.3) is 0 Å². The molecule has 0 fully saturated rings. The first-order valence-electron chi connectivity index (χ1n) is 9.35. The Morgan fingerprint density at radius 2 is 1.38 bits per heavy atom. The molecule has 0 saturated carbocycles. The van der Waals surface area contributed by atoms with Crippen LogP contribution in [-0.4, -0.2) is 68.0 Å². The molecule has 11 nitrogen and oxygen atoms in total. The predicted molar refractivity (Wildman–Crippen MR) is 106 cm³/mol. The van der Waals surface area contributed by atoms with Crippen molar-refractivity contribution in [2.24, 2.45) is 5.92 Å². The summed E-state index contributed by atoms with van der Waals surface area (Å²) in [5.74, 6) is -1.93. The number of hydrogen-bond donors (Lipinski definition) is 5. The van der Waals surface area contributed by atoms with E-state index in [0.717, 1.165) is 0 Å². The van der Waals surface area contributed by atoms with Crippen LogP contribution in [0, 0.1) is 5.92 Å². The zero-order valence-electron chi connectivity index (χ0n) is 17.9. The Bertz CT molecular complexity index is 600. The van der Waals surface area contributed by atoms with Crippen molar-refractivity contribution in [3.05, 3.63) is 0 Å². The summed E-state index contributed by atoms with van der Waals surface area (Å²) < 4.78 is 5.04. The fourth-order valence-electron chi connectivity index (χ4n) is 2.04. The van der Waals surface area contributed by atoms with Gasteiger partial charge in [-0.25, -0.2) is 4.79 Å². The second-order valence-electron chi connectivity index (χ2n) is 7.77. The van der Waals surface area contributed by atoms with E-state index in [9.17, 15) is 24.0 Å². The summed E-state index contributed by atoms with van der Waals surface area (Å²) in [4.78, 5) is 58.8. The normalized spacial score (nSPS) is 11.8. The number of carbonyl (C=O) groups excluding carboxylic acids is 5. The van der Waals surface area contributed by atoms with Crippen molar-refractivity contribution in [1.29, 1.82) is 0 Å². The van der Waals surface area contributed by atoms with Crippen molar-refractivity contribution in [3.8, 4) is 0 Å². The van der Waals surface area contributed by atoms with Gasteiger partial charge in [0, 0.05) is 7.05 Å². The lowest BCUT2D eigenvalue weighted by Crippen LogP contribution is -2.52. The summed E-state index contributed by atoms with van der Waals surface area (Å²) in [6.07, 6.45) is -0.408. The molecule has 0 aromatic heterocycles. The third-order valence-electron chi connectivity index (χ3n) is 3.30. The van der Waals surface area contributed by atoms with Gasteiger partial charge in [-0.2, -0.15) is 0 Å². The minimum absolute atomic E-state index is 0.0898. The minimum atomic E-state index is -0.880. The lowest BCUT2D eigenvalue weighted by molar-refractivity contribution is -0.130. The number of likely N-dealkylation sites (N-methyl/N-ethyl adjacent to an activating group) is 1. The molecular formula is C18H33N5O6. The highest BCUT2D eigenvalue weighted by molar-refractivity contribution is 5.92. The maximum atomic E-state index is 12.3. The molecule has 5 amide bonds. The SMILES string of the molecule is CNC(=O)CNC(=O)CNC(=O)[C@H](CC(C)C)NC(=O)CNC(=O)OC(C)(C)C. The molecule has 0 aromatic carbocycles. The van der Waals surface area contributed by atoms with Gasteiger partial charge in [0.05, 0.1) is 13.1 Å². The Morgan fingerprint density at radius 1 is 0.828 bits per heavy atom. The van der Waals surface area contributed by atoms with Crippen LogP contribution in [0.5, 0.6) is 0 Å². The van der Waals surface area contributed by atoms with Crippen LogP contribution in [0.4, 0.5) is 4.79 Å². The third kappa shape index (κ3) is 13.9. The van der Waals surface area contributed by atoms with Gasteiger partial charge >= 0.3 is 6.09 Å². The van der Waals surface area contributed by atoms with E-state index in [4.69, 9.17) is 4.74 Å². The first-order chi connectivity index (χ1) is 13.3. The largest absolute Gasteiger partial charge is 0.444 e. The van der Waals surface area contributed by atoms with Gasteiger partial charge in [0.2, 0.25) is 23.6 Å². The maximum Gasteiger partial charge on any atom is 0.408 e. The van der Waals surface area contributed by atoms with E-state index < -0.39 is 35.5 Å². The standard InChI is InChI=1S/C18H33N5O6/c1-11(2)7-12(16(27)21-9-14(25)20-8-13(24)19-6)23-15(26)10-22-17(28)29-18(3,4)5/h11-12H,7-10H2,1-6H3,(H,19,24)(H,20,25)(H,21,27)(H,22,28)(H,23,26)/t12-/m0/s1. The molecule has 0 heterocycles. The number of amides is 5. The monoisotopic (exact) mass is 415 g/mol. The van der Waals surface area contributed by atoms with Crippen LogP contribution >= 0.6 is 0 Å². The van der Waals surface area contributed by atoms with Crippen molar-refractivity contribution in [1.82, 2.24) is 26.6 Å². The smallest absolute Gasteiger partial charge is 0.408 e. The van der Waals surface area contributed by atoms with Crippen molar-refractivity contribution >= 4 is 29.7 Å². The predicted octanol–water partition coefficient (Wildman–Crippen LogP) is -0.980. The Hall–Kier alpha value is -2.85. The number of hydrogen-bond acceptors (Lipinski definition) is 6. The highest BCUT2D eigenvalue weighted by Gasteiger charge is 2.23. The molecule has 29 heavy (non-hydrogen) atoms. The Balaban J connectivity index is 4.57. The van der Waals surface area contributed by atoms with E-state index >= 15 is 0 Å². The molecule has 1 atom stereocenters. The van der Waals surface area contributed by atoms with Crippen molar-refractivity contribution in [2.45, 2.75) is 52.7 Å². The lowest BCUT2D eigenvalue weighted by atomic mass is 10.0. The van der Waals surface area contributed by atoms with E-state index in [1.54, 1.807) is 20.8 Å². The molecule has 0 spiro atoms. The average Bonchev–Trinajstić information content (AvgIpc) is 2.59. The molecule has 0 unspecified atom stereocenters. The molecule has 11 heteroatoms. The number of rotatable bonds is 10. The molecule has 0 aromatic rings. The Labute approximate surface area is 171 Å². The Morgan fingerprint density at radius 3 is 1.90 bits per heavy atom. The fourth-order valence-corrected chi connectivity index (χ4v) is 2.04. The fraction of sp³-hybridized carbons (Fsp3) is 0.722. The van der Waals surface area contributed by atoms with Gasteiger partial charge in [0.25, 0.3) is 0 Å². The highest BCUT2D eigenvalue weighted by Crippen LogP contribution is 2.06. The van der Waals surface area contributed by atoms with E-state index in [-0.39, 0.29) is 31.5 Å². The summed E-state index contributed by atoms with van der Waals surface area (Å²) in [7, 11) is 1.44. The second-order valence-corrected chi connectivity index (χ2v) is 7.77. The molecule has 0 radical (unpaired) electrons. The summed E-state index contributed by atoms with van der Waals surface area (Å²) in [5.41, 5.74) is -0.695. The van der Waals surface area contributed by atoms with Crippen LogP contribution < -0.4 is 26.6 Å². The van der Waals surface area contributed by atoms with Crippen molar-refractivity contribution < 1.29 is 28.7 Å². The van der Waals surface area contributed by atoms with E-state index in [0.29, 0.717) is 6.42 Å². The van der Waals surface area contributed by atoms with Crippen LogP contribution in [0.1, 0.15) is 41.0 Å². The van der Waals surface area contributed by atoms with Crippen LogP contribution in [-0.2, 0) is 23.9 Å². The minimum Gasteiger partial charge on any atom is -0.444 e. The van der Waals surface area contributed by atoms with Gasteiger partial charge in [0.15, 0.2) is 0 Å². The van der Waals surface area contributed by atoms with Crippen molar-refractivity contribution in [3.63, 3.8) is 0 Å².